The third-order valence-corrected chi connectivity index (χ3v) is 4.06. The van der Waals surface area contributed by atoms with E-state index in [9.17, 15) is 4.79 Å². The van der Waals surface area contributed by atoms with Crippen molar-refractivity contribution in [3.05, 3.63) is 65.9 Å². The third-order valence-electron chi connectivity index (χ3n) is 4.06. The third kappa shape index (κ3) is 5.90. The molecule has 8 nitrogen and oxygen atoms in total. The monoisotopic (exact) mass is 393 g/mol. The molecule has 0 aliphatic heterocycles. The number of esters is 1. The molecule has 0 aliphatic carbocycles. The van der Waals surface area contributed by atoms with Crippen molar-refractivity contribution in [2.45, 2.75) is 13.3 Å². The topological polar surface area (TPSA) is 98.3 Å². The molecule has 0 fully saturated rings. The van der Waals surface area contributed by atoms with E-state index in [4.69, 9.17) is 9.47 Å². The Labute approximate surface area is 169 Å². The van der Waals surface area contributed by atoms with Gasteiger partial charge in [0.25, 0.3) is 0 Å². The number of benzene rings is 2. The van der Waals surface area contributed by atoms with Gasteiger partial charge in [-0.2, -0.15) is 10.1 Å². The number of hydrogen-bond donors (Lipinski definition) is 2. The summed E-state index contributed by atoms with van der Waals surface area (Å²) in [4.78, 5) is 16.1. The number of nitrogens with zero attached hydrogens (tertiary/aromatic N) is 3. The Bertz CT molecular complexity index is 947. The van der Waals surface area contributed by atoms with E-state index in [1.807, 2.05) is 18.2 Å². The Morgan fingerprint density at radius 3 is 2.72 bits per heavy atom. The van der Waals surface area contributed by atoms with Gasteiger partial charge in [0.1, 0.15) is 5.75 Å². The zero-order valence-corrected chi connectivity index (χ0v) is 16.4. The highest BCUT2D eigenvalue weighted by atomic mass is 16.5. The van der Waals surface area contributed by atoms with Gasteiger partial charge in [0.2, 0.25) is 5.95 Å². The molecule has 0 atom stereocenters. The van der Waals surface area contributed by atoms with Crippen LogP contribution in [-0.2, 0) is 11.2 Å². The number of aromatic nitrogens is 3. The van der Waals surface area contributed by atoms with Gasteiger partial charge < -0.3 is 20.1 Å². The highest BCUT2D eigenvalue weighted by Gasteiger charge is 2.07. The molecule has 0 unspecified atom stereocenters. The van der Waals surface area contributed by atoms with Crippen molar-refractivity contribution in [3.63, 3.8) is 0 Å². The zero-order valence-electron chi connectivity index (χ0n) is 16.4. The van der Waals surface area contributed by atoms with Gasteiger partial charge in [-0.1, -0.05) is 12.1 Å². The van der Waals surface area contributed by atoms with Crippen LogP contribution in [0.2, 0.25) is 0 Å². The van der Waals surface area contributed by atoms with Gasteiger partial charge in [0.15, 0.2) is 5.82 Å². The number of anilines is 3. The van der Waals surface area contributed by atoms with E-state index in [2.05, 4.69) is 31.9 Å². The van der Waals surface area contributed by atoms with E-state index in [-0.39, 0.29) is 5.97 Å². The predicted octanol–water partition coefficient (Wildman–Crippen LogP) is 3.46. The van der Waals surface area contributed by atoms with Crippen LogP contribution < -0.4 is 15.4 Å². The molecule has 0 bridgehead atoms. The standard InChI is InChI=1S/C21H23N5O3/c1-3-29-20(27)16-7-9-17(10-8-16)24-21-25-19(14-23-26-21)22-12-11-15-5-4-6-18(13-15)28-2/h4-10,13-14H,3,11-12H2,1-2H3,(H2,22,24,25,26). The molecule has 1 heterocycles. The Kier molecular flexibility index (Phi) is 6.94. The normalized spacial score (nSPS) is 10.3. The molecular formula is C21H23N5O3. The second-order valence-corrected chi connectivity index (χ2v) is 6.12. The fraction of sp³-hybridized carbons (Fsp3) is 0.238. The Balaban J connectivity index is 1.55. The van der Waals surface area contributed by atoms with Gasteiger partial charge in [-0.3, -0.25) is 0 Å². The number of carbonyl (C=O) groups excluding carboxylic acids is 1. The number of nitrogens with one attached hydrogen (secondary N) is 2. The highest BCUT2D eigenvalue weighted by molar-refractivity contribution is 5.89. The summed E-state index contributed by atoms with van der Waals surface area (Å²) >= 11 is 0. The van der Waals surface area contributed by atoms with Crippen LogP contribution in [0.4, 0.5) is 17.5 Å². The minimum absolute atomic E-state index is 0.343. The molecule has 0 amide bonds. The van der Waals surface area contributed by atoms with Crippen LogP contribution in [0.15, 0.2) is 54.7 Å². The first kappa shape index (κ1) is 20.1. The lowest BCUT2D eigenvalue weighted by Gasteiger charge is -2.09. The smallest absolute Gasteiger partial charge is 0.338 e. The van der Waals surface area contributed by atoms with Gasteiger partial charge in [-0.25, -0.2) is 4.79 Å². The van der Waals surface area contributed by atoms with Crippen LogP contribution >= 0.6 is 0 Å². The minimum atomic E-state index is -0.348. The fourth-order valence-electron chi connectivity index (χ4n) is 2.64. The maximum Gasteiger partial charge on any atom is 0.338 e. The quantitative estimate of drug-likeness (QED) is 0.534. The van der Waals surface area contributed by atoms with Crippen LogP contribution in [-0.4, -0.2) is 41.4 Å². The molecule has 1 aromatic heterocycles. The first-order valence-corrected chi connectivity index (χ1v) is 9.28. The minimum Gasteiger partial charge on any atom is -0.497 e. The maximum atomic E-state index is 11.7. The molecule has 3 rings (SSSR count). The highest BCUT2D eigenvalue weighted by Crippen LogP contribution is 2.16. The van der Waals surface area contributed by atoms with Gasteiger partial charge in [0.05, 0.1) is 25.5 Å². The van der Waals surface area contributed by atoms with Crippen molar-refractivity contribution in [2.24, 2.45) is 0 Å². The van der Waals surface area contributed by atoms with E-state index in [1.165, 1.54) is 5.56 Å². The second-order valence-electron chi connectivity index (χ2n) is 6.12. The summed E-state index contributed by atoms with van der Waals surface area (Å²) in [7, 11) is 1.66. The number of rotatable bonds is 9. The molecule has 0 saturated carbocycles. The fourth-order valence-corrected chi connectivity index (χ4v) is 2.64. The first-order chi connectivity index (χ1) is 14.2. The van der Waals surface area contributed by atoms with Crippen molar-refractivity contribution in [2.75, 3.05) is 30.9 Å². The summed E-state index contributed by atoms with van der Waals surface area (Å²) in [5.41, 5.74) is 2.40. The SMILES string of the molecule is CCOC(=O)c1ccc(Nc2nncc(NCCc3cccc(OC)c3)n2)cc1. The molecule has 0 spiro atoms. The zero-order chi connectivity index (χ0) is 20.5. The van der Waals surface area contributed by atoms with Crippen LogP contribution in [0.3, 0.4) is 0 Å². The lowest BCUT2D eigenvalue weighted by molar-refractivity contribution is 0.0526. The summed E-state index contributed by atoms with van der Waals surface area (Å²) in [6.07, 6.45) is 2.39. The van der Waals surface area contributed by atoms with Crippen LogP contribution in [0.5, 0.6) is 5.75 Å². The van der Waals surface area contributed by atoms with Crippen molar-refractivity contribution in [3.8, 4) is 5.75 Å². The second kappa shape index (κ2) is 10.0. The average molecular weight is 393 g/mol. The van der Waals surface area contributed by atoms with E-state index < -0.39 is 0 Å². The Morgan fingerprint density at radius 1 is 1.14 bits per heavy atom. The summed E-state index contributed by atoms with van der Waals surface area (Å²) in [5.74, 6) is 1.47. The molecule has 8 heteroatoms. The molecule has 3 aromatic rings. The summed E-state index contributed by atoms with van der Waals surface area (Å²) in [5, 5.41) is 14.3. The summed E-state index contributed by atoms with van der Waals surface area (Å²) in [6, 6.07) is 14.8. The number of carbonyl (C=O) groups is 1. The van der Waals surface area contributed by atoms with Crippen molar-refractivity contribution >= 4 is 23.4 Å². The van der Waals surface area contributed by atoms with Crippen LogP contribution in [0.1, 0.15) is 22.8 Å². The Hall–Kier alpha value is -3.68. The van der Waals surface area contributed by atoms with Gasteiger partial charge >= 0.3 is 5.97 Å². The lowest BCUT2D eigenvalue weighted by Crippen LogP contribution is -2.09. The average Bonchev–Trinajstić information content (AvgIpc) is 2.75. The number of methoxy groups -OCH3 is 1. The van der Waals surface area contributed by atoms with Crippen molar-refractivity contribution < 1.29 is 14.3 Å². The van der Waals surface area contributed by atoms with Gasteiger partial charge in [0, 0.05) is 12.2 Å². The molecular weight excluding hydrogens is 370 g/mol. The molecule has 0 aliphatic rings. The van der Waals surface area contributed by atoms with Gasteiger partial charge in [-0.15, -0.1) is 5.10 Å². The van der Waals surface area contributed by atoms with Crippen LogP contribution in [0.25, 0.3) is 0 Å². The van der Waals surface area contributed by atoms with E-state index in [0.29, 0.717) is 30.5 Å². The van der Waals surface area contributed by atoms with E-state index >= 15 is 0 Å². The lowest BCUT2D eigenvalue weighted by atomic mass is 10.1. The summed E-state index contributed by atoms with van der Waals surface area (Å²) < 4.78 is 10.2. The molecule has 2 N–H and O–H groups in total. The van der Waals surface area contributed by atoms with Gasteiger partial charge in [-0.05, 0) is 55.3 Å². The molecule has 29 heavy (non-hydrogen) atoms. The number of ether oxygens (including phenoxy) is 2. The summed E-state index contributed by atoms with van der Waals surface area (Å²) in [6.45, 7) is 2.81. The number of hydrogen-bond acceptors (Lipinski definition) is 8. The Morgan fingerprint density at radius 2 is 1.97 bits per heavy atom. The van der Waals surface area contributed by atoms with Crippen molar-refractivity contribution in [1.29, 1.82) is 0 Å². The first-order valence-electron chi connectivity index (χ1n) is 9.28. The molecule has 150 valence electrons. The molecule has 2 aromatic carbocycles. The largest absolute Gasteiger partial charge is 0.497 e. The molecule has 0 radical (unpaired) electrons. The van der Waals surface area contributed by atoms with Crippen LogP contribution in [0, 0.1) is 0 Å². The van der Waals surface area contributed by atoms with E-state index in [0.717, 1.165) is 17.9 Å². The predicted molar refractivity (Wildman–Crippen MR) is 111 cm³/mol. The molecule has 0 saturated heterocycles. The van der Waals surface area contributed by atoms with Crippen molar-refractivity contribution in [1.82, 2.24) is 15.2 Å². The maximum absolute atomic E-state index is 11.7. The van der Waals surface area contributed by atoms with E-state index in [1.54, 1.807) is 44.5 Å².